The molecule has 2 amide bonds. The minimum absolute atomic E-state index is 0.316. The minimum Gasteiger partial charge on any atom is -0.495 e. The van der Waals surface area contributed by atoms with Gasteiger partial charge in [-0.15, -0.1) is 0 Å². The monoisotopic (exact) mass is 525 g/mol. The molecule has 0 saturated carbocycles. The second kappa shape index (κ2) is 10.1. The number of para-hydroxylation sites is 2. The molecule has 0 atom stereocenters. The Morgan fingerprint density at radius 3 is 2.36 bits per heavy atom. The van der Waals surface area contributed by atoms with E-state index in [-0.39, 0.29) is 5.24 Å². The SMILES string of the molecule is COc1cc(/C=C2\SC(=O)N(c3ccccc3OC)C2=O)ccc1OCc1ccc(Br)cc1. The van der Waals surface area contributed by atoms with Gasteiger partial charge in [0.2, 0.25) is 0 Å². The fraction of sp³-hybridized carbons (Fsp3) is 0.120. The van der Waals surface area contributed by atoms with Crippen molar-refractivity contribution in [3.05, 3.63) is 87.2 Å². The second-order valence-electron chi connectivity index (χ2n) is 7.01. The van der Waals surface area contributed by atoms with Crippen molar-refractivity contribution in [2.75, 3.05) is 19.1 Å². The summed E-state index contributed by atoms with van der Waals surface area (Å²) in [5, 5.41) is -0.378. The first-order valence-corrected chi connectivity index (χ1v) is 11.6. The molecular weight excluding hydrogens is 506 g/mol. The number of ether oxygens (including phenoxy) is 3. The van der Waals surface area contributed by atoms with Crippen molar-refractivity contribution in [3.63, 3.8) is 0 Å². The topological polar surface area (TPSA) is 65.1 Å². The maximum Gasteiger partial charge on any atom is 0.298 e. The lowest BCUT2D eigenvalue weighted by molar-refractivity contribution is -0.113. The number of benzene rings is 3. The Bertz CT molecular complexity index is 1230. The van der Waals surface area contributed by atoms with Crippen molar-refractivity contribution >= 4 is 50.6 Å². The number of thioether (sulfide) groups is 1. The molecule has 0 N–H and O–H groups in total. The Morgan fingerprint density at radius 1 is 0.909 bits per heavy atom. The van der Waals surface area contributed by atoms with Crippen LogP contribution in [0.2, 0.25) is 0 Å². The third-order valence-corrected chi connectivity index (χ3v) is 6.31. The number of methoxy groups -OCH3 is 2. The second-order valence-corrected chi connectivity index (χ2v) is 8.92. The van der Waals surface area contributed by atoms with Gasteiger partial charge in [-0.2, -0.15) is 0 Å². The molecule has 6 nitrogen and oxygen atoms in total. The molecule has 0 unspecified atom stereocenters. The van der Waals surface area contributed by atoms with Crippen molar-refractivity contribution in [2.24, 2.45) is 0 Å². The number of rotatable bonds is 7. The number of carbonyl (C=O) groups is 2. The van der Waals surface area contributed by atoms with Crippen molar-refractivity contribution in [1.82, 2.24) is 0 Å². The summed E-state index contributed by atoms with van der Waals surface area (Å²) in [4.78, 5) is 27.0. The molecule has 168 valence electrons. The van der Waals surface area contributed by atoms with E-state index in [9.17, 15) is 9.59 Å². The molecule has 33 heavy (non-hydrogen) atoms. The highest BCUT2D eigenvalue weighted by molar-refractivity contribution is 9.10. The summed E-state index contributed by atoms with van der Waals surface area (Å²) in [7, 11) is 3.06. The molecule has 8 heteroatoms. The summed E-state index contributed by atoms with van der Waals surface area (Å²) in [5.41, 5.74) is 2.16. The fourth-order valence-electron chi connectivity index (χ4n) is 3.28. The van der Waals surface area contributed by atoms with E-state index in [4.69, 9.17) is 14.2 Å². The lowest BCUT2D eigenvalue weighted by Crippen LogP contribution is -2.28. The number of nitrogens with zero attached hydrogens (tertiary/aromatic N) is 1. The number of hydrogen-bond acceptors (Lipinski definition) is 6. The molecule has 1 fully saturated rings. The molecule has 3 aromatic rings. The molecule has 1 saturated heterocycles. The zero-order chi connectivity index (χ0) is 23.4. The zero-order valence-corrected chi connectivity index (χ0v) is 20.3. The van der Waals surface area contributed by atoms with Crippen molar-refractivity contribution in [3.8, 4) is 17.2 Å². The van der Waals surface area contributed by atoms with Crippen LogP contribution in [0, 0.1) is 0 Å². The summed E-state index contributed by atoms with van der Waals surface area (Å²) in [6.07, 6.45) is 1.67. The molecule has 1 aliphatic rings. The summed E-state index contributed by atoms with van der Waals surface area (Å²) in [6, 6.07) is 20.2. The average Bonchev–Trinajstić information content (AvgIpc) is 3.11. The van der Waals surface area contributed by atoms with Gasteiger partial charge < -0.3 is 14.2 Å². The predicted octanol–water partition coefficient (Wildman–Crippen LogP) is 6.29. The van der Waals surface area contributed by atoms with Gasteiger partial charge in [-0.3, -0.25) is 9.59 Å². The van der Waals surface area contributed by atoms with Crippen LogP contribution in [-0.4, -0.2) is 25.4 Å². The summed E-state index contributed by atoms with van der Waals surface area (Å²) in [5.74, 6) is 1.17. The van der Waals surface area contributed by atoms with Gasteiger partial charge in [-0.05, 0) is 65.4 Å². The maximum atomic E-state index is 13.0. The van der Waals surface area contributed by atoms with Crippen LogP contribution in [0.15, 0.2) is 76.1 Å². The maximum absolute atomic E-state index is 13.0. The molecule has 0 spiro atoms. The Morgan fingerprint density at radius 2 is 1.64 bits per heavy atom. The number of amides is 2. The standard InChI is InChI=1S/C25H20BrNO5S/c1-30-20-6-4-3-5-19(20)27-24(28)23(33-25(27)29)14-17-9-12-21(22(13-17)31-2)32-15-16-7-10-18(26)11-8-16/h3-14H,15H2,1-2H3/b23-14-. The quantitative estimate of drug-likeness (QED) is 0.338. The predicted molar refractivity (Wildman–Crippen MR) is 133 cm³/mol. The van der Waals surface area contributed by atoms with E-state index in [1.54, 1.807) is 49.6 Å². The number of anilines is 1. The van der Waals surface area contributed by atoms with Crippen LogP contribution in [0.1, 0.15) is 11.1 Å². The normalized spacial score (nSPS) is 14.6. The third-order valence-electron chi connectivity index (χ3n) is 4.91. The third kappa shape index (κ3) is 5.07. The molecule has 1 heterocycles. The van der Waals surface area contributed by atoms with E-state index in [0.717, 1.165) is 26.7 Å². The van der Waals surface area contributed by atoms with Crippen LogP contribution in [0.25, 0.3) is 6.08 Å². The first-order chi connectivity index (χ1) is 16.0. The van der Waals surface area contributed by atoms with E-state index in [1.165, 1.54) is 7.11 Å². The summed E-state index contributed by atoms with van der Waals surface area (Å²) in [6.45, 7) is 0.390. The lowest BCUT2D eigenvalue weighted by Gasteiger charge is -2.15. The van der Waals surface area contributed by atoms with Crippen LogP contribution in [-0.2, 0) is 11.4 Å². The smallest absolute Gasteiger partial charge is 0.298 e. The Kier molecular flexibility index (Phi) is 7.05. The number of hydrogen-bond donors (Lipinski definition) is 0. The Balaban J connectivity index is 1.54. The highest BCUT2D eigenvalue weighted by Gasteiger charge is 2.37. The lowest BCUT2D eigenvalue weighted by atomic mass is 10.1. The van der Waals surface area contributed by atoms with Gasteiger partial charge in [0.15, 0.2) is 11.5 Å². The van der Waals surface area contributed by atoms with Gasteiger partial charge in [-0.1, -0.05) is 46.3 Å². The van der Waals surface area contributed by atoms with Crippen LogP contribution in [0.5, 0.6) is 17.2 Å². The molecule has 3 aromatic carbocycles. The molecule has 0 radical (unpaired) electrons. The number of carbonyl (C=O) groups excluding carboxylic acids is 2. The van der Waals surface area contributed by atoms with E-state index in [1.807, 2.05) is 30.3 Å². The van der Waals surface area contributed by atoms with Crippen molar-refractivity contribution < 1.29 is 23.8 Å². The molecule has 0 aliphatic carbocycles. The van der Waals surface area contributed by atoms with Gasteiger partial charge in [0.1, 0.15) is 12.4 Å². The average molecular weight is 526 g/mol. The number of imide groups is 1. The number of halogens is 1. The van der Waals surface area contributed by atoms with Crippen molar-refractivity contribution in [1.29, 1.82) is 0 Å². The van der Waals surface area contributed by atoms with Crippen LogP contribution >= 0.6 is 27.7 Å². The molecular formula is C25H20BrNO5S. The first-order valence-electron chi connectivity index (χ1n) is 9.96. The fourth-order valence-corrected chi connectivity index (χ4v) is 4.37. The van der Waals surface area contributed by atoms with Gasteiger partial charge in [0, 0.05) is 4.47 Å². The largest absolute Gasteiger partial charge is 0.495 e. The zero-order valence-electron chi connectivity index (χ0n) is 17.9. The highest BCUT2D eigenvalue weighted by Crippen LogP contribution is 2.40. The van der Waals surface area contributed by atoms with Gasteiger partial charge >= 0.3 is 0 Å². The first kappa shape index (κ1) is 22.9. The highest BCUT2D eigenvalue weighted by atomic mass is 79.9. The molecule has 0 bridgehead atoms. The van der Waals surface area contributed by atoms with Gasteiger partial charge in [0.25, 0.3) is 11.1 Å². The van der Waals surface area contributed by atoms with E-state index in [2.05, 4.69) is 15.9 Å². The van der Waals surface area contributed by atoms with Crippen molar-refractivity contribution in [2.45, 2.75) is 6.61 Å². The van der Waals surface area contributed by atoms with E-state index in [0.29, 0.717) is 40.0 Å². The summed E-state index contributed by atoms with van der Waals surface area (Å²) < 4.78 is 17.7. The van der Waals surface area contributed by atoms with Gasteiger partial charge in [-0.25, -0.2) is 4.90 Å². The summed E-state index contributed by atoms with van der Waals surface area (Å²) >= 11 is 4.30. The molecule has 4 rings (SSSR count). The van der Waals surface area contributed by atoms with Crippen LogP contribution in [0.4, 0.5) is 10.5 Å². The minimum atomic E-state index is -0.399. The van der Waals surface area contributed by atoms with E-state index < -0.39 is 5.91 Å². The molecule has 1 aliphatic heterocycles. The Labute approximate surface area is 204 Å². The van der Waals surface area contributed by atoms with Crippen LogP contribution < -0.4 is 19.1 Å². The Hall–Kier alpha value is -3.23. The van der Waals surface area contributed by atoms with Gasteiger partial charge in [0.05, 0.1) is 24.8 Å². The molecule has 0 aromatic heterocycles. The van der Waals surface area contributed by atoms with Crippen LogP contribution in [0.3, 0.4) is 0 Å². The van der Waals surface area contributed by atoms with E-state index >= 15 is 0 Å².